The minimum Gasteiger partial charge on any atom is -0.364 e. The van der Waals surface area contributed by atoms with Gasteiger partial charge in [0.1, 0.15) is 10.9 Å². The molecular formula is C18H15N7S. The summed E-state index contributed by atoms with van der Waals surface area (Å²) >= 11 is 1.38. The number of thiophene rings is 1. The molecule has 4 heterocycles. The lowest BCUT2D eigenvalue weighted by Crippen LogP contribution is -2.39. The standard InChI is InChI=1S/C18H15N7S/c1-18-15(3-5-22-18)17(21-11-23-18)13-8-24-25(9-13)16(2-4-19)12-6-14(7-20)26-10-12/h3,5-6,8-11,16,22H,2H2,1H3,(H,21,23). The number of nitrogens with zero attached hydrogens (tertiary/aromatic N) is 5. The van der Waals surface area contributed by atoms with Crippen LogP contribution in [0.5, 0.6) is 0 Å². The van der Waals surface area contributed by atoms with Crippen LogP contribution in [-0.4, -0.2) is 21.8 Å². The van der Waals surface area contributed by atoms with Crippen LogP contribution in [0.3, 0.4) is 0 Å². The van der Waals surface area contributed by atoms with Gasteiger partial charge in [0.25, 0.3) is 0 Å². The fraction of sp³-hybridized carbons (Fsp3) is 0.222. The van der Waals surface area contributed by atoms with E-state index in [2.05, 4.69) is 32.9 Å². The van der Waals surface area contributed by atoms with Gasteiger partial charge in [-0.25, -0.2) is 4.99 Å². The first-order chi connectivity index (χ1) is 12.6. The number of aliphatic imine (C=N–C) groups is 1. The molecule has 2 aliphatic heterocycles. The van der Waals surface area contributed by atoms with Crippen molar-refractivity contribution in [2.45, 2.75) is 25.0 Å². The summed E-state index contributed by atoms with van der Waals surface area (Å²) in [5.74, 6) is 0. The van der Waals surface area contributed by atoms with E-state index in [1.165, 1.54) is 11.3 Å². The maximum Gasteiger partial charge on any atom is 0.156 e. The number of nitrogens with one attached hydrogen (secondary N) is 2. The molecule has 0 fully saturated rings. The Kier molecular flexibility index (Phi) is 3.83. The van der Waals surface area contributed by atoms with E-state index < -0.39 is 5.66 Å². The first-order valence-electron chi connectivity index (χ1n) is 8.04. The first kappa shape index (κ1) is 16.1. The second kappa shape index (κ2) is 6.17. The van der Waals surface area contributed by atoms with Gasteiger partial charge in [0, 0.05) is 17.3 Å². The van der Waals surface area contributed by atoms with E-state index in [0.29, 0.717) is 4.88 Å². The summed E-state index contributed by atoms with van der Waals surface area (Å²) in [5.41, 5.74) is 3.35. The zero-order chi connectivity index (χ0) is 18.1. The van der Waals surface area contributed by atoms with E-state index in [9.17, 15) is 5.26 Å². The molecule has 0 bridgehead atoms. The van der Waals surface area contributed by atoms with Gasteiger partial charge >= 0.3 is 0 Å². The van der Waals surface area contributed by atoms with E-state index in [1.807, 2.05) is 36.8 Å². The predicted molar refractivity (Wildman–Crippen MR) is 98.9 cm³/mol. The molecule has 0 aliphatic carbocycles. The molecule has 8 heteroatoms. The first-order valence-corrected chi connectivity index (χ1v) is 8.92. The van der Waals surface area contributed by atoms with Crippen molar-refractivity contribution in [2.24, 2.45) is 4.99 Å². The van der Waals surface area contributed by atoms with E-state index >= 15 is 0 Å². The molecule has 0 spiro atoms. The van der Waals surface area contributed by atoms with Crippen molar-refractivity contribution < 1.29 is 0 Å². The second-order valence-electron chi connectivity index (χ2n) is 6.18. The summed E-state index contributed by atoms with van der Waals surface area (Å²) in [7, 11) is 0. The largest absolute Gasteiger partial charge is 0.364 e. The van der Waals surface area contributed by atoms with Crippen LogP contribution in [0, 0.1) is 22.7 Å². The maximum atomic E-state index is 9.23. The van der Waals surface area contributed by atoms with E-state index in [1.54, 1.807) is 17.2 Å². The molecule has 0 saturated carbocycles. The molecule has 0 aromatic carbocycles. The van der Waals surface area contributed by atoms with Gasteiger partial charge in [0.05, 0.1) is 36.8 Å². The lowest BCUT2D eigenvalue weighted by atomic mass is 9.98. The molecule has 2 aliphatic rings. The van der Waals surface area contributed by atoms with Gasteiger partial charge in [-0.3, -0.25) is 4.68 Å². The van der Waals surface area contributed by atoms with Crippen LogP contribution in [0.1, 0.15) is 35.4 Å². The molecule has 2 aromatic heterocycles. The van der Waals surface area contributed by atoms with Crippen molar-refractivity contribution >= 4 is 23.4 Å². The van der Waals surface area contributed by atoms with Crippen molar-refractivity contribution in [3.05, 3.63) is 57.7 Å². The van der Waals surface area contributed by atoms with Crippen LogP contribution >= 0.6 is 11.3 Å². The Morgan fingerprint density at radius 1 is 1.42 bits per heavy atom. The quantitative estimate of drug-likeness (QED) is 0.871. The fourth-order valence-electron chi connectivity index (χ4n) is 3.18. The van der Waals surface area contributed by atoms with Gasteiger partial charge in [-0.05, 0) is 36.2 Å². The third kappa shape index (κ3) is 2.57. The van der Waals surface area contributed by atoms with Crippen molar-refractivity contribution in [3.8, 4) is 12.1 Å². The molecule has 0 saturated heterocycles. The van der Waals surface area contributed by atoms with Gasteiger partial charge < -0.3 is 10.6 Å². The van der Waals surface area contributed by atoms with E-state index in [4.69, 9.17) is 5.26 Å². The summed E-state index contributed by atoms with van der Waals surface area (Å²) in [6, 6.07) is 5.95. The zero-order valence-corrected chi connectivity index (χ0v) is 14.8. The van der Waals surface area contributed by atoms with Gasteiger partial charge in [0.2, 0.25) is 0 Å². The summed E-state index contributed by atoms with van der Waals surface area (Å²) in [5, 5.41) is 31.1. The lowest BCUT2D eigenvalue weighted by molar-refractivity contribution is 0.522. The highest BCUT2D eigenvalue weighted by Gasteiger charge is 2.34. The monoisotopic (exact) mass is 361 g/mol. The van der Waals surface area contributed by atoms with Crippen LogP contribution in [0.15, 0.2) is 46.7 Å². The molecule has 128 valence electrons. The van der Waals surface area contributed by atoms with Crippen LogP contribution in [0.2, 0.25) is 0 Å². The van der Waals surface area contributed by atoms with Crippen molar-refractivity contribution in [2.75, 3.05) is 0 Å². The minimum atomic E-state index is -0.468. The average Bonchev–Trinajstić information content (AvgIpc) is 3.37. The highest BCUT2D eigenvalue weighted by molar-refractivity contribution is 7.10. The zero-order valence-electron chi connectivity index (χ0n) is 14.0. The number of nitriles is 2. The molecular weight excluding hydrogens is 346 g/mol. The number of aromatic nitrogens is 2. The molecule has 0 amide bonds. The van der Waals surface area contributed by atoms with Gasteiger partial charge in [-0.2, -0.15) is 15.6 Å². The van der Waals surface area contributed by atoms with Gasteiger partial charge in [-0.15, -0.1) is 11.3 Å². The molecule has 7 nitrogen and oxygen atoms in total. The number of fused-ring (bicyclic) bond motifs is 1. The molecule has 0 radical (unpaired) electrons. The van der Waals surface area contributed by atoms with Gasteiger partial charge in [-0.1, -0.05) is 0 Å². The predicted octanol–water partition coefficient (Wildman–Crippen LogP) is 2.50. The summed E-state index contributed by atoms with van der Waals surface area (Å²) < 4.78 is 1.78. The van der Waals surface area contributed by atoms with Crippen LogP contribution < -0.4 is 10.6 Å². The smallest absolute Gasteiger partial charge is 0.156 e. The topological polar surface area (TPSA) is 102 Å². The highest BCUT2D eigenvalue weighted by atomic mass is 32.1. The third-order valence-electron chi connectivity index (χ3n) is 4.55. The number of hydrogen-bond acceptors (Lipinski definition) is 7. The molecule has 2 atom stereocenters. The summed E-state index contributed by atoms with van der Waals surface area (Å²) in [6.07, 6.45) is 9.55. The second-order valence-corrected chi connectivity index (χ2v) is 7.10. The molecule has 2 unspecified atom stereocenters. The highest BCUT2D eigenvalue weighted by Crippen LogP contribution is 2.33. The molecule has 2 aromatic rings. The Morgan fingerprint density at radius 2 is 2.31 bits per heavy atom. The Bertz CT molecular complexity index is 1030. The fourth-order valence-corrected chi connectivity index (χ4v) is 3.92. The molecule has 26 heavy (non-hydrogen) atoms. The molecule has 2 N–H and O–H groups in total. The molecule has 4 rings (SSSR count). The van der Waals surface area contributed by atoms with Crippen LogP contribution in [0.4, 0.5) is 0 Å². The van der Waals surface area contributed by atoms with E-state index in [-0.39, 0.29) is 12.5 Å². The normalized spacial score (nSPS) is 21.5. The average molecular weight is 361 g/mol. The number of rotatable bonds is 4. The SMILES string of the molecule is CC12N=CNC(c3cnn(C(CC#N)c4csc(C#N)c4)c3)=C1C=CN2. The third-order valence-corrected chi connectivity index (χ3v) is 5.40. The van der Waals surface area contributed by atoms with Crippen molar-refractivity contribution in [3.63, 3.8) is 0 Å². The lowest BCUT2D eigenvalue weighted by Gasteiger charge is -2.28. The van der Waals surface area contributed by atoms with E-state index in [0.717, 1.165) is 22.4 Å². The minimum absolute atomic E-state index is 0.224. The van der Waals surface area contributed by atoms with Crippen LogP contribution in [0.25, 0.3) is 5.70 Å². The van der Waals surface area contributed by atoms with Gasteiger partial charge in [0.15, 0.2) is 5.66 Å². The van der Waals surface area contributed by atoms with Crippen LogP contribution in [-0.2, 0) is 0 Å². The number of hydrogen-bond donors (Lipinski definition) is 2. The van der Waals surface area contributed by atoms with Crippen molar-refractivity contribution in [1.82, 2.24) is 20.4 Å². The Hall–Kier alpha value is -3.36. The Labute approximate surface area is 154 Å². The summed E-state index contributed by atoms with van der Waals surface area (Å²) in [4.78, 5) is 5.09. The summed E-state index contributed by atoms with van der Waals surface area (Å²) in [6.45, 7) is 2.01. The Balaban J connectivity index is 1.71. The Morgan fingerprint density at radius 3 is 3.08 bits per heavy atom. The maximum absolute atomic E-state index is 9.23. The van der Waals surface area contributed by atoms with Crippen molar-refractivity contribution in [1.29, 1.82) is 10.5 Å².